The summed E-state index contributed by atoms with van der Waals surface area (Å²) in [6.45, 7) is -0.159. The van der Waals surface area contributed by atoms with Gasteiger partial charge in [-0.15, -0.1) is 0 Å². The highest BCUT2D eigenvalue weighted by molar-refractivity contribution is 9.10. The van der Waals surface area contributed by atoms with Crippen LogP contribution in [0.5, 0.6) is 5.75 Å². The first kappa shape index (κ1) is 19.2. The molecule has 0 saturated carbocycles. The normalized spacial score (nSPS) is 10.2. The third kappa shape index (κ3) is 6.36. The number of rotatable bonds is 7. The van der Waals surface area contributed by atoms with Crippen molar-refractivity contribution in [2.45, 2.75) is 0 Å². The fourth-order valence-electron chi connectivity index (χ4n) is 1.83. The molecule has 1 N–H and O–H groups in total. The monoisotopic (exact) mass is 429 g/mol. The van der Waals surface area contributed by atoms with E-state index in [-0.39, 0.29) is 25.3 Å². The lowest BCUT2D eigenvalue weighted by molar-refractivity contribution is -0.143. The van der Waals surface area contributed by atoms with Crippen molar-refractivity contribution >= 4 is 39.4 Å². The van der Waals surface area contributed by atoms with Crippen LogP contribution in [0.25, 0.3) is 0 Å². The summed E-state index contributed by atoms with van der Waals surface area (Å²) in [4.78, 5) is 23.3. The van der Waals surface area contributed by atoms with Crippen molar-refractivity contribution in [1.29, 1.82) is 0 Å². The molecule has 0 atom stereocenters. The van der Waals surface area contributed by atoms with E-state index in [1.54, 1.807) is 18.2 Å². The topological polar surface area (TPSA) is 64.6 Å². The van der Waals surface area contributed by atoms with E-state index in [1.807, 2.05) is 0 Å². The summed E-state index contributed by atoms with van der Waals surface area (Å²) in [7, 11) is 0. The molecule has 0 bridgehead atoms. The number of benzene rings is 2. The molecule has 8 heteroatoms. The molecule has 1 amide bonds. The van der Waals surface area contributed by atoms with Gasteiger partial charge in [-0.1, -0.05) is 17.7 Å². The molecule has 0 spiro atoms. The van der Waals surface area contributed by atoms with Gasteiger partial charge in [-0.25, -0.2) is 4.39 Å². The second-order valence-corrected chi connectivity index (χ2v) is 6.13. The zero-order chi connectivity index (χ0) is 18.2. The predicted octanol–water partition coefficient (Wildman–Crippen LogP) is 3.59. The SMILES string of the molecule is O=C(CNC(=O)c1cccc(F)c1)OCCOc1ccc(Cl)cc1Br. The van der Waals surface area contributed by atoms with Crippen molar-refractivity contribution in [3.63, 3.8) is 0 Å². The summed E-state index contributed by atoms with van der Waals surface area (Å²) in [5, 5.41) is 2.93. The quantitative estimate of drug-likeness (QED) is 0.538. The molecule has 25 heavy (non-hydrogen) atoms. The van der Waals surface area contributed by atoms with Crippen molar-refractivity contribution in [3.8, 4) is 5.75 Å². The van der Waals surface area contributed by atoms with Crippen LogP contribution in [0.4, 0.5) is 4.39 Å². The highest BCUT2D eigenvalue weighted by Crippen LogP contribution is 2.27. The summed E-state index contributed by atoms with van der Waals surface area (Å²) in [5.41, 5.74) is 0.128. The predicted molar refractivity (Wildman–Crippen MR) is 94.3 cm³/mol. The van der Waals surface area contributed by atoms with Crippen molar-refractivity contribution in [2.24, 2.45) is 0 Å². The van der Waals surface area contributed by atoms with Crippen molar-refractivity contribution in [1.82, 2.24) is 5.32 Å². The number of carbonyl (C=O) groups is 2. The Morgan fingerprint density at radius 1 is 1.16 bits per heavy atom. The summed E-state index contributed by atoms with van der Waals surface area (Å²) >= 11 is 9.13. The van der Waals surface area contributed by atoms with Crippen LogP contribution in [-0.2, 0) is 9.53 Å². The molecule has 0 aliphatic carbocycles. The lowest BCUT2D eigenvalue weighted by atomic mass is 10.2. The summed E-state index contributed by atoms with van der Waals surface area (Å²) in [6, 6.07) is 10.2. The maximum atomic E-state index is 13.0. The smallest absolute Gasteiger partial charge is 0.325 e. The maximum absolute atomic E-state index is 13.0. The molecular weight excluding hydrogens is 417 g/mol. The van der Waals surface area contributed by atoms with E-state index in [0.717, 1.165) is 6.07 Å². The third-order valence-corrected chi connectivity index (χ3v) is 3.83. The van der Waals surface area contributed by atoms with Gasteiger partial charge in [0.25, 0.3) is 5.91 Å². The molecule has 0 fully saturated rings. The van der Waals surface area contributed by atoms with Gasteiger partial charge in [0.2, 0.25) is 0 Å². The molecule has 5 nitrogen and oxygen atoms in total. The summed E-state index contributed by atoms with van der Waals surface area (Å²) < 4.78 is 24.1. The van der Waals surface area contributed by atoms with Crippen LogP contribution in [0.1, 0.15) is 10.4 Å². The Morgan fingerprint density at radius 2 is 1.96 bits per heavy atom. The van der Waals surface area contributed by atoms with E-state index in [0.29, 0.717) is 15.2 Å². The van der Waals surface area contributed by atoms with Crippen LogP contribution in [0.3, 0.4) is 0 Å². The summed E-state index contributed by atoms with van der Waals surface area (Å²) in [5.74, 6) is -1.14. The molecule has 0 radical (unpaired) electrons. The molecule has 0 heterocycles. The zero-order valence-electron chi connectivity index (χ0n) is 12.9. The molecule has 0 unspecified atom stereocenters. The van der Waals surface area contributed by atoms with E-state index < -0.39 is 17.7 Å². The van der Waals surface area contributed by atoms with Crippen LogP contribution in [0.2, 0.25) is 5.02 Å². The molecule has 0 aromatic heterocycles. The highest BCUT2D eigenvalue weighted by Gasteiger charge is 2.10. The van der Waals surface area contributed by atoms with Gasteiger partial charge in [0.1, 0.15) is 31.3 Å². The van der Waals surface area contributed by atoms with Crippen molar-refractivity contribution < 1.29 is 23.5 Å². The van der Waals surface area contributed by atoms with Gasteiger partial charge in [-0.2, -0.15) is 0 Å². The lowest BCUT2D eigenvalue weighted by Crippen LogP contribution is -2.31. The first-order chi connectivity index (χ1) is 12.0. The maximum Gasteiger partial charge on any atom is 0.325 e. The fourth-order valence-corrected chi connectivity index (χ4v) is 2.63. The number of esters is 1. The molecular formula is C17H14BrClFNO4. The second-order valence-electron chi connectivity index (χ2n) is 4.84. The fraction of sp³-hybridized carbons (Fsp3) is 0.176. The Hall–Kier alpha value is -2.12. The average Bonchev–Trinajstić information content (AvgIpc) is 2.58. The first-order valence-corrected chi connectivity index (χ1v) is 8.40. The first-order valence-electron chi connectivity index (χ1n) is 7.23. The molecule has 2 rings (SSSR count). The third-order valence-electron chi connectivity index (χ3n) is 2.98. The minimum Gasteiger partial charge on any atom is -0.489 e. The number of hydrogen-bond donors (Lipinski definition) is 1. The van der Waals surface area contributed by atoms with Crippen LogP contribution >= 0.6 is 27.5 Å². The van der Waals surface area contributed by atoms with E-state index in [1.165, 1.54) is 18.2 Å². The van der Waals surface area contributed by atoms with Crippen molar-refractivity contribution in [2.75, 3.05) is 19.8 Å². The Balaban J connectivity index is 1.68. The number of nitrogens with one attached hydrogen (secondary N) is 1. The Bertz CT molecular complexity index is 772. The van der Waals surface area contributed by atoms with Crippen LogP contribution in [-0.4, -0.2) is 31.6 Å². The van der Waals surface area contributed by atoms with E-state index in [2.05, 4.69) is 21.2 Å². The van der Waals surface area contributed by atoms with E-state index in [4.69, 9.17) is 21.1 Å². The van der Waals surface area contributed by atoms with E-state index >= 15 is 0 Å². The molecule has 0 aliphatic heterocycles. The van der Waals surface area contributed by atoms with Crippen LogP contribution < -0.4 is 10.1 Å². The molecule has 132 valence electrons. The van der Waals surface area contributed by atoms with E-state index in [9.17, 15) is 14.0 Å². The lowest BCUT2D eigenvalue weighted by Gasteiger charge is -2.09. The van der Waals surface area contributed by atoms with Gasteiger partial charge in [-0.05, 0) is 52.3 Å². The van der Waals surface area contributed by atoms with Gasteiger partial charge in [0, 0.05) is 10.6 Å². The number of halogens is 3. The minimum absolute atomic E-state index is 0.0176. The largest absolute Gasteiger partial charge is 0.489 e. The average molecular weight is 431 g/mol. The van der Waals surface area contributed by atoms with Gasteiger partial charge < -0.3 is 14.8 Å². The number of hydrogen-bond acceptors (Lipinski definition) is 4. The zero-order valence-corrected chi connectivity index (χ0v) is 15.3. The number of ether oxygens (including phenoxy) is 2. The summed E-state index contributed by atoms with van der Waals surface area (Å²) in [6.07, 6.45) is 0. The Labute approximate surface area is 157 Å². The van der Waals surface area contributed by atoms with Gasteiger partial charge >= 0.3 is 5.97 Å². The Kier molecular flexibility index (Phi) is 7.21. The molecule has 2 aromatic carbocycles. The second kappa shape index (κ2) is 9.39. The van der Waals surface area contributed by atoms with Crippen LogP contribution in [0.15, 0.2) is 46.9 Å². The minimum atomic E-state index is -0.622. The standard InChI is InChI=1S/C17H14BrClFNO4/c18-14-9-12(19)4-5-15(14)24-6-7-25-16(22)10-21-17(23)11-2-1-3-13(20)8-11/h1-5,8-9H,6-7,10H2,(H,21,23). The molecule has 0 saturated heterocycles. The Morgan fingerprint density at radius 3 is 2.68 bits per heavy atom. The highest BCUT2D eigenvalue weighted by atomic mass is 79.9. The van der Waals surface area contributed by atoms with Gasteiger partial charge in [0.15, 0.2) is 0 Å². The van der Waals surface area contributed by atoms with Crippen molar-refractivity contribution in [3.05, 3.63) is 63.3 Å². The van der Waals surface area contributed by atoms with Gasteiger partial charge in [-0.3, -0.25) is 9.59 Å². The van der Waals surface area contributed by atoms with Gasteiger partial charge in [0.05, 0.1) is 4.47 Å². The number of amides is 1. The molecule has 0 aliphatic rings. The molecule has 2 aromatic rings. The number of carbonyl (C=O) groups excluding carboxylic acids is 2. The van der Waals surface area contributed by atoms with Crippen LogP contribution in [0, 0.1) is 5.82 Å².